The summed E-state index contributed by atoms with van der Waals surface area (Å²) in [7, 11) is 0. The van der Waals surface area contributed by atoms with Crippen molar-refractivity contribution in [3.63, 3.8) is 0 Å². The lowest BCUT2D eigenvalue weighted by Gasteiger charge is -2.37. The Morgan fingerprint density at radius 3 is 2.36 bits per heavy atom. The van der Waals surface area contributed by atoms with Gasteiger partial charge in [-0.3, -0.25) is 14.5 Å². The van der Waals surface area contributed by atoms with Gasteiger partial charge in [0, 0.05) is 50.9 Å². The van der Waals surface area contributed by atoms with E-state index in [1.165, 1.54) is 0 Å². The Labute approximate surface area is 210 Å². The maximum absolute atomic E-state index is 12.8. The predicted molar refractivity (Wildman–Crippen MR) is 138 cm³/mol. The van der Waals surface area contributed by atoms with Crippen LogP contribution in [0, 0.1) is 6.92 Å². The molecule has 0 radical (unpaired) electrons. The van der Waals surface area contributed by atoms with Crippen LogP contribution in [-0.2, 0) is 6.54 Å². The molecule has 2 N–H and O–H groups in total. The summed E-state index contributed by atoms with van der Waals surface area (Å²) in [6.07, 6.45) is 1.51. The van der Waals surface area contributed by atoms with E-state index in [0.29, 0.717) is 68.1 Å². The lowest BCUT2D eigenvalue weighted by Crippen LogP contribution is -2.55. The second-order valence-electron chi connectivity index (χ2n) is 9.67. The number of aryl methyl sites for hydroxylation is 1. The number of piperidine rings is 1. The van der Waals surface area contributed by atoms with Crippen molar-refractivity contribution in [2.24, 2.45) is 0 Å². The molecule has 2 aliphatic rings. The minimum absolute atomic E-state index is 0.0461. The largest absolute Gasteiger partial charge is 0.338 e. The molecule has 0 aliphatic carbocycles. The van der Waals surface area contributed by atoms with Gasteiger partial charge in [-0.05, 0) is 44.0 Å². The van der Waals surface area contributed by atoms with Crippen LogP contribution < -0.4 is 10.9 Å². The van der Waals surface area contributed by atoms with Crippen molar-refractivity contribution in [3.05, 3.63) is 75.8 Å². The third-order valence-corrected chi connectivity index (χ3v) is 7.10. The normalized spacial score (nSPS) is 17.4. The highest BCUT2D eigenvalue weighted by molar-refractivity contribution is 5.94. The minimum atomic E-state index is -0.125. The molecule has 0 unspecified atom stereocenters. The van der Waals surface area contributed by atoms with Crippen LogP contribution in [0.15, 0.2) is 53.3 Å². The van der Waals surface area contributed by atoms with E-state index in [1.54, 1.807) is 6.07 Å². The Morgan fingerprint density at radius 2 is 1.64 bits per heavy atom. The zero-order valence-corrected chi connectivity index (χ0v) is 20.6. The molecular weight excluding hydrogens is 456 g/mol. The number of likely N-dealkylation sites (tertiary alicyclic amines) is 1. The summed E-state index contributed by atoms with van der Waals surface area (Å²) in [4.78, 5) is 51.3. The molecule has 1 aromatic heterocycles. The van der Waals surface area contributed by atoms with Crippen molar-refractivity contribution in [3.8, 4) is 0 Å². The molecule has 0 bridgehead atoms. The van der Waals surface area contributed by atoms with E-state index in [2.05, 4.69) is 20.2 Å². The lowest BCUT2D eigenvalue weighted by molar-refractivity contribution is 0.0704. The number of nitrogens with one attached hydrogen (secondary N) is 2. The molecule has 2 saturated heterocycles. The Balaban J connectivity index is 1.07. The number of piperazine rings is 1. The lowest BCUT2D eigenvalue weighted by atomic mass is 10.0. The van der Waals surface area contributed by atoms with Crippen LogP contribution in [-0.4, -0.2) is 81.9 Å². The van der Waals surface area contributed by atoms with Crippen LogP contribution in [0.4, 0.5) is 4.79 Å². The molecular formula is C27H32N6O3. The number of para-hydroxylation sites is 1. The van der Waals surface area contributed by atoms with Gasteiger partial charge in [0.15, 0.2) is 0 Å². The van der Waals surface area contributed by atoms with E-state index < -0.39 is 0 Å². The molecule has 3 aromatic rings. The standard InChI is InChI=1S/C27H32N6O3/c1-19-6-8-20(9-7-19)26(35)32-12-10-21(11-13-32)28-27(36)33-16-14-31(15-17-33)18-24-29-23-5-3-2-4-22(23)25(34)30-24/h2-9,21H,10-18H2,1H3,(H,28,36)(H,29,30,34). The molecule has 3 heterocycles. The molecule has 188 valence electrons. The van der Waals surface area contributed by atoms with Gasteiger partial charge in [-0.25, -0.2) is 9.78 Å². The molecule has 3 amide bonds. The number of hydrogen-bond donors (Lipinski definition) is 2. The highest BCUT2D eigenvalue weighted by Gasteiger charge is 2.27. The van der Waals surface area contributed by atoms with Gasteiger partial charge >= 0.3 is 6.03 Å². The summed E-state index contributed by atoms with van der Waals surface area (Å²) in [5.41, 5.74) is 2.42. The number of carbonyl (C=O) groups is 2. The zero-order chi connectivity index (χ0) is 25.1. The number of benzene rings is 2. The van der Waals surface area contributed by atoms with E-state index in [0.717, 1.165) is 18.4 Å². The van der Waals surface area contributed by atoms with Crippen molar-refractivity contribution in [1.82, 2.24) is 30.0 Å². The first kappa shape index (κ1) is 24.0. The van der Waals surface area contributed by atoms with Crippen LogP contribution in [0.25, 0.3) is 10.9 Å². The fourth-order valence-electron chi connectivity index (χ4n) is 4.90. The van der Waals surface area contributed by atoms with Gasteiger partial charge in [0.2, 0.25) is 0 Å². The molecule has 5 rings (SSSR count). The van der Waals surface area contributed by atoms with Crippen LogP contribution in [0.2, 0.25) is 0 Å². The molecule has 0 atom stereocenters. The smallest absolute Gasteiger partial charge is 0.317 e. The number of carbonyl (C=O) groups excluding carboxylic acids is 2. The molecule has 0 spiro atoms. The third kappa shape index (κ3) is 5.41. The number of fused-ring (bicyclic) bond motifs is 1. The maximum atomic E-state index is 12.8. The van der Waals surface area contributed by atoms with Crippen LogP contribution in [0.3, 0.4) is 0 Å². The topological polar surface area (TPSA) is 102 Å². The molecule has 2 aliphatic heterocycles. The quantitative estimate of drug-likeness (QED) is 0.587. The second-order valence-corrected chi connectivity index (χ2v) is 9.67. The molecule has 9 nitrogen and oxygen atoms in total. The van der Waals surface area contributed by atoms with Gasteiger partial charge in [-0.2, -0.15) is 0 Å². The number of hydrogen-bond acceptors (Lipinski definition) is 5. The highest BCUT2D eigenvalue weighted by Crippen LogP contribution is 2.16. The first-order valence-electron chi connectivity index (χ1n) is 12.6. The summed E-state index contributed by atoms with van der Waals surface area (Å²) in [6.45, 7) is 6.50. The second kappa shape index (κ2) is 10.5. The molecule has 0 saturated carbocycles. The summed E-state index contributed by atoms with van der Waals surface area (Å²) >= 11 is 0. The van der Waals surface area contributed by atoms with E-state index >= 15 is 0 Å². The summed E-state index contributed by atoms with van der Waals surface area (Å²) in [5, 5.41) is 3.75. The van der Waals surface area contributed by atoms with Crippen LogP contribution in [0.1, 0.15) is 34.6 Å². The Hall–Kier alpha value is -3.72. The number of urea groups is 1. The molecule has 9 heteroatoms. The number of rotatable bonds is 4. The van der Waals surface area contributed by atoms with E-state index in [-0.39, 0.29) is 23.5 Å². The van der Waals surface area contributed by atoms with E-state index in [4.69, 9.17) is 0 Å². The molecule has 2 fully saturated rings. The van der Waals surface area contributed by atoms with Gasteiger partial charge in [-0.15, -0.1) is 0 Å². The van der Waals surface area contributed by atoms with Gasteiger partial charge < -0.3 is 20.1 Å². The number of aromatic amines is 1. The fraction of sp³-hybridized carbons (Fsp3) is 0.407. The first-order valence-corrected chi connectivity index (χ1v) is 12.6. The van der Waals surface area contributed by atoms with Crippen LogP contribution in [0.5, 0.6) is 0 Å². The highest BCUT2D eigenvalue weighted by atomic mass is 16.2. The number of amides is 3. The summed E-state index contributed by atoms with van der Waals surface area (Å²) in [5.74, 6) is 0.696. The van der Waals surface area contributed by atoms with Gasteiger partial charge in [0.05, 0.1) is 17.4 Å². The average Bonchev–Trinajstić information content (AvgIpc) is 2.90. The van der Waals surface area contributed by atoms with Gasteiger partial charge in [0.1, 0.15) is 5.82 Å². The first-order chi connectivity index (χ1) is 17.5. The monoisotopic (exact) mass is 488 g/mol. The number of H-pyrrole nitrogens is 1. The zero-order valence-electron chi connectivity index (χ0n) is 20.6. The number of aromatic nitrogens is 2. The van der Waals surface area contributed by atoms with Crippen molar-refractivity contribution in [1.29, 1.82) is 0 Å². The van der Waals surface area contributed by atoms with Crippen molar-refractivity contribution in [2.45, 2.75) is 32.4 Å². The third-order valence-electron chi connectivity index (χ3n) is 7.10. The minimum Gasteiger partial charge on any atom is -0.338 e. The number of nitrogens with zero attached hydrogens (tertiary/aromatic N) is 4. The van der Waals surface area contributed by atoms with Crippen molar-refractivity contribution >= 4 is 22.8 Å². The van der Waals surface area contributed by atoms with Gasteiger partial charge in [0.25, 0.3) is 11.5 Å². The SMILES string of the molecule is Cc1ccc(C(=O)N2CCC(NC(=O)N3CCN(Cc4nc5ccccc5c(=O)[nH]4)CC3)CC2)cc1. The summed E-state index contributed by atoms with van der Waals surface area (Å²) < 4.78 is 0. The van der Waals surface area contributed by atoms with Crippen molar-refractivity contribution < 1.29 is 9.59 Å². The summed E-state index contributed by atoms with van der Waals surface area (Å²) in [6, 6.07) is 15.0. The molecule has 36 heavy (non-hydrogen) atoms. The maximum Gasteiger partial charge on any atom is 0.317 e. The van der Waals surface area contributed by atoms with E-state index in [9.17, 15) is 14.4 Å². The van der Waals surface area contributed by atoms with E-state index in [1.807, 2.05) is 59.2 Å². The average molecular weight is 489 g/mol. The van der Waals surface area contributed by atoms with Crippen molar-refractivity contribution in [2.75, 3.05) is 39.3 Å². The fourth-order valence-corrected chi connectivity index (χ4v) is 4.90. The Kier molecular flexibility index (Phi) is 6.99. The van der Waals surface area contributed by atoms with Gasteiger partial charge in [-0.1, -0.05) is 29.8 Å². The molecule has 2 aromatic carbocycles. The predicted octanol–water partition coefficient (Wildman–Crippen LogP) is 2.36. The Bertz CT molecular complexity index is 1290. The Morgan fingerprint density at radius 1 is 0.944 bits per heavy atom. The van der Waals surface area contributed by atoms with Crippen LogP contribution >= 0.6 is 0 Å².